The van der Waals surface area contributed by atoms with E-state index in [1.165, 1.54) is 6.26 Å². The van der Waals surface area contributed by atoms with Crippen LogP contribution in [0.4, 0.5) is 0 Å². The molecule has 0 N–H and O–H groups in total. The number of methoxy groups -OCH3 is 1. The summed E-state index contributed by atoms with van der Waals surface area (Å²) >= 11 is 0. The molecule has 1 heterocycles. The summed E-state index contributed by atoms with van der Waals surface area (Å²) in [6.45, 7) is 2.84. The smallest absolute Gasteiger partial charge is 0.242 e. The molecule has 1 aliphatic carbocycles. The third kappa shape index (κ3) is 6.32. The molecule has 2 unspecified atom stereocenters. The van der Waals surface area contributed by atoms with Gasteiger partial charge in [0.25, 0.3) is 0 Å². The summed E-state index contributed by atoms with van der Waals surface area (Å²) in [4.78, 5) is 43.9. The van der Waals surface area contributed by atoms with Crippen LogP contribution in [0.25, 0.3) is 11.0 Å². The van der Waals surface area contributed by atoms with E-state index in [0.717, 1.165) is 23.1 Å². The van der Waals surface area contributed by atoms with Crippen molar-refractivity contribution in [1.82, 2.24) is 9.80 Å². The van der Waals surface area contributed by atoms with Gasteiger partial charge in [-0.2, -0.15) is 0 Å². The lowest BCUT2D eigenvalue weighted by Gasteiger charge is -2.28. The Labute approximate surface area is 234 Å². The topological polar surface area (TPSA) is 80.1 Å². The molecule has 0 aliphatic heterocycles. The minimum absolute atomic E-state index is 0.0420. The first-order chi connectivity index (χ1) is 19.4. The van der Waals surface area contributed by atoms with Crippen molar-refractivity contribution in [3.63, 3.8) is 0 Å². The molecule has 1 fully saturated rings. The van der Waals surface area contributed by atoms with E-state index in [4.69, 9.17) is 9.15 Å². The van der Waals surface area contributed by atoms with E-state index in [2.05, 4.69) is 0 Å². The summed E-state index contributed by atoms with van der Waals surface area (Å²) in [6.07, 6.45) is 2.21. The largest absolute Gasteiger partial charge is 0.464 e. The van der Waals surface area contributed by atoms with Crippen LogP contribution >= 0.6 is 0 Å². The summed E-state index contributed by atoms with van der Waals surface area (Å²) in [5.74, 6) is -0.265. The number of fused-ring (bicyclic) bond motifs is 1. The van der Waals surface area contributed by atoms with Crippen LogP contribution in [-0.2, 0) is 27.4 Å². The van der Waals surface area contributed by atoms with Crippen molar-refractivity contribution < 1.29 is 18.7 Å². The highest BCUT2D eigenvalue weighted by Crippen LogP contribution is 2.48. The quantitative estimate of drug-likeness (QED) is 0.271. The van der Waals surface area contributed by atoms with E-state index in [1.807, 2.05) is 73.7 Å². The van der Waals surface area contributed by atoms with Crippen LogP contribution in [0, 0.1) is 12.8 Å². The normalized spacial score (nSPS) is 16.1. The van der Waals surface area contributed by atoms with Crippen molar-refractivity contribution in [3.05, 3.63) is 118 Å². The molecule has 0 radical (unpaired) electrons. The zero-order valence-electron chi connectivity index (χ0n) is 22.9. The second-order valence-corrected chi connectivity index (χ2v) is 10.4. The van der Waals surface area contributed by atoms with Gasteiger partial charge in [0.1, 0.15) is 5.58 Å². The molecule has 1 aliphatic rings. The second kappa shape index (κ2) is 12.3. The van der Waals surface area contributed by atoms with Gasteiger partial charge in [-0.15, -0.1) is 0 Å². The molecule has 5 rings (SSSR count). The molecule has 0 spiro atoms. The molecule has 0 saturated heterocycles. The number of ether oxygens (including phenoxy) is 1. The molecule has 40 heavy (non-hydrogen) atoms. The van der Waals surface area contributed by atoms with E-state index >= 15 is 0 Å². The maximum atomic E-state index is 13.8. The maximum Gasteiger partial charge on any atom is 0.242 e. The Kier molecular flexibility index (Phi) is 8.41. The Morgan fingerprint density at radius 2 is 1.68 bits per heavy atom. The summed E-state index contributed by atoms with van der Waals surface area (Å²) < 4.78 is 11.0. The second-order valence-electron chi connectivity index (χ2n) is 10.4. The zero-order valence-corrected chi connectivity index (χ0v) is 22.9. The number of hydrogen-bond acceptors (Lipinski definition) is 5. The first-order valence-electron chi connectivity index (χ1n) is 13.6. The molecular weight excluding hydrogens is 504 g/mol. The van der Waals surface area contributed by atoms with Gasteiger partial charge in [0, 0.05) is 26.1 Å². The van der Waals surface area contributed by atoms with Crippen molar-refractivity contribution in [2.45, 2.75) is 32.4 Å². The van der Waals surface area contributed by atoms with Crippen LogP contribution in [0.5, 0.6) is 0 Å². The average molecular weight is 539 g/mol. The van der Waals surface area contributed by atoms with Gasteiger partial charge < -0.3 is 19.0 Å². The van der Waals surface area contributed by atoms with E-state index in [-0.39, 0.29) is 42.2 Å². The molecule has 206 valence electrons. The molecule has 7 heteroatoms. The number of hydrogen-bond donors (Lipinski definition) is 0. The fourth-order valence-corrected chi connectivity index (χ4v) is 5.14. The van der Waals surface area contributed by atoms with E-state index in [1.54, 1.807) is 29.0 Å². The van der Waals surface area contributed by atoms with Crippen LogP contribution in [-0.4, -0.2) is 48.4 Å². The Bertz CT molecular complexity index is 1530. The molecule has 1 saturated carbocycles. The fourth-order valence-electron chi connectivity index (χ4n) is 5.14. The molecule has 4 aromatic rings. The molecule has 2 atom stereocenters. The highest BCUT2D eigenvalue weighted by atomic mass is 16.5. The molecule has 1 aromatic heterocycles. The minimum Gasteiger partial charge on any atom is -0.464 e. The zero-order chi connectivity index (χ0) is 28.1. The summed E-state index contributed by atoms with van der Waals surface area (Å²) in [6, 6.07) is 25.1. The van der Waals surface area contributed by atoms with Crippen molar-refractivity contribution >= 4 is 22.8 Å². The van der Waals surface area contributed by atoms with Crippen LogP contribution < -0.4 is 5.43 Å². The number of nitrogens with zero attached hydrogens (tertiary/aromatic N) is 2. The van der Waals surface area contributed by atoms with Gasteiger partial charge >= 0.3 is 0 Å². The third-order valence-electron chi connectivity index (χ3n) is 7.47. The van der Waals surface area contributed by atoms with Gasteiger partial charge in [-0.25, -0.2) is 0 Å². The molecule has 0 bridgehead atoms. The molecule has 3 aromatic carbocycles. The standard InChI is InChI=1S/C33H34N2O5/c1-23-13-14-30-29(17-23)32(37)26(22-40-30)20-35(19-24-9-5-3-6-10-24)31(36)21-34(15-16-39-2)33(38)28-18-27(28)25-11-7-4-8-12-25/h3-14,17,22,27-28H,15-16,18-21H2,1-2H3. The maximum absolute atomic E-state index is 13.8. The number of rotatable bonds is 11. The molecule has 7 nitrogen and oxygen atoms in total. The lowest BCUT2D eigenvalue weighted by Crippen LogP contribution is -2.44. The third-order valence-corrected chi connectivity index (χ3v) is 7.47. The van der Waals surface area contributed by atoms with Crippen LogP contribution in [0.1, 0.15) is 34.6 Å². The monoisotopic (exact) mass is 538 g/mol. The van der Waals surface area contributed by atoms with Gasteiger partial charge in [0.05, 0.1) is 36.9 Å². The van der Waals surface area contributed by atoms with Crippen LogP contribution in [0.15, 0.2) is 94.3 Å². The summed E-state index contributed by atoms with van der Waals surface area (Å²) in [5.41, 5.74) is 3.76. The van der Waals surface area contributed by atoms with Crippen molar-refractivity contribution in [3.8, 4) is 0 Å². The predicted octanol–water partition coefficient (Wildman–Crippen LogP) is 4.91. The van der Waals surface area contributed by atoms with Gasteiger partial charge in [0.15, 0.2) is 5.43 Å². The van der Waals surface area contributed by atoms with E-state index < -0.39 is 0 Å². The van der Waals surface area contributed by atoms with Crippen LogP contribution in [0.3, 0.4) is 0 Å². The number of carbonyl (C=O) groups excluding carboxylic acids is 2. The first kappa shape index (κ1) is 27.3. The van der Waals surface area contributed by atoms with E-state index in [9.17, 15) is 14.4 Å². The lowest BCUT2D eigenvalue weighted by molar-refractivity contribution is -0.142. The first-order valence-corrected chi connectivity index (χ1v) is 13.6. The number of aryl methyl sites for hydroxylation is 1. The Balaban J connectivity index is 1.38. The van der Waals surface area contributed by atoms with Crippen molar-refractivity contribution in [2.24, 2.45) is 5.92 Å². The Morgan fingerprint density at radius 1 is 0.950 bits per heavy atom. The Morgan fingerprint density at radius 3 is 2.40 bits per heavy atom. The van der Waals surface area contributed by atoms with E-state index in [0.29, 0.717) is 36.2 Å². The average Bonchev–Trinajstić information content (AvgIpc) is 3.78. The van der Waals surface area contributed by atoms with Gasteiger partial charge in [-0.05, 0) is 42.5 Å². The highest BCUT2D eigenvalue weighted by molar-refractivity contribution is 5.88. The summed E-state index contributed by atoms with van der Waals surface area (Å²) in [7, 11) is 1.58. The summed E-state index contributed by atoms with van der Waals surface area (Å²) in [5, 5.41) is 0.488. The van der Waals surface area contributed by atoms with Crippen molar-refractivity contribution in [1.29, 1.82) is 0 Å². The van der Waals surface area contributed by atoms with Gasteiger partial charge in [0.2, 0.25) is 11.8 Å². The van der Waals surface area contributed by atoms with Crippen molar-refractivity contribution in [2.75, 3.05) is 26.8 Å². The number of amides is 2. The predicted molar refractivity (Wildman–Crippen MR) is 154 cm³/mol. The number of benzene rings is 3. The Hall–Kier alpha value is -4.23. The number of carbonyl (C=O) groups is 2. The molecule has 2 amide bonds. The SMILES string of the molecule is COCCN(CC(=O)N(Cc1ccccc1)Cc1coc2ccc(C)cc2c1=O)C(=O)C1CC1c1ccccc1. The highest BCUT2D eigenvalue weighted by Gasteiger charge is 2.46. The van der Waals surface area contributed by atoms with Gasteiger partial charge in [-0.1, -0.05) is 72.3 Å². The lowest BCUT2D eigenvalue weighted by atomic mass is 10.1. The molecular formula is C33H34N2O5. The van der Waals surface area contributed by atoms with Gasteiger partial charge in [-0.3, -0.25) is 14.4 Å². The minimum atomic E-state index is -0.242. The van der Waals surface area contributed by atoms with Crippen LogP contribution in [0.2, 0.25) is 0 Å². The fraction of sp³-hybridized carbons (Fsp3) is 0.303.